The third-order valence-electron chi connectivity index (χ3n) is 0.960. The van der Waals surface area contributed by atoms with Crippen LogP contribution in [0.2, 0.25) is 0 Å². The minimum Gasteiger partial charge on any atom is -0.803 e. The van der Waals surface area contributed by atoms with Gasteiger partial charge in [0.05, 0.1) is 0 Å². The van der Waals surface area contributed by atoms with Crippen LogP contribution in [0.1, 0.15) is 0 Å². The molecule has 0 radical (unpaired) electrons. The molecule has 0 amide bonds. The second-order valence-corrected chi connectivity index (χ2v) is 4.27. The normalized spacial score (nSPS) is 11.1. The van der Waals surface area contributed by atoms with E-state index in [0.717, 1.165) is 0 Å². The Balaban J connectivity index is 2.74. The van der Waals surface area contributed by atoms with E-state index in [4.69, 9.17) is 0 Å². The molecule has 0 fully saturated rings. The highest BCUT2D eigenvalue weighted by atomic mass is 32.5. The first-order chi connectivity index (χ1) is 5.08. The largest absolute Gasteiger partial charge is 0.803 e. The van der Waals surface area contributed by atoms with Crippen molar-refractivity contribution in [3.63, 3.8) is 0 Å². The lowest BCUT2D eigenvalue weighted by atomic mass is 10.3. The summed E-state index contributed by atoms with van der Waals surface area (Å²) in [7, 11) is 0. The summed E-state index contributed by atoms with van der Waals surface area (Å²) in [5.74, 6) is 0.251. The van der Waals surface area contributed by atoms with Crippen molar-refractivity contribution in [1.82, 2.24) is 0 Å². The molecule has 0 aromatic heterocycles. The average Bonchev–Trinajstić information content (AvgIpc) is 1.85. The Kier molecular flexibility index (Phi) is 2.62. The summed E-state index contributed by atoms with van der Waals surface area (Å²) in [6.07, 6.45) is 0. The van der Waals surface area contributed by atoms with E-state index < -0.39 is 6.72 Å². The molecule has 0 aliphatic carbocycles. The third kappa shape index (κ3) is 3.49. The molecule has 0 aliphatic rings. The lowest BCUT2D eigenvalue weighted by Crippen LogP contribution is -2.18. The van der Waals surface area contributed by atoms with Gasteiger partial charge in [0.1, 0.15) is 5.75 Å². The van der Waals surface area contributed by atoms with Crippen molar-refractivity contribution < 1.29 is 14.3 Å². The quantitative estimate of drug-likeness (QED) is 0.613. The van der Waals surface area contributed by atoms with E-state index in [9.17, 15) is 9.79 Å². The molecular formula is C6H5O3PS-2. The molecule has 1 aromatic rings. The summed E-state index contributed by atoms with van der Waals surface area (Å²) in [6, 6.07) is 8.14. The molecular weight excluding hydrogens is 183 g/mol. The lowest BCUT2D eigenvalue weighted by molar-refractivity contribution is -0.313. The first kappa shape index (κ1) is 8.68. The Morgan fingerprint density at radius 3 is 2.18 bits per heavy atom. The SMILES string of the molecule is [O-]P([O-])(=S)Oc1ccccc1. The lowest BCUT2D eigenvalue weighted by Gasteiger charge is -2.34. The van der Waals surface area contributed by atoms with E-state index >= 15 is 0 Å². The molecule has 0 heterocycles. The van der Waals surface area contributed by atoms with Gasteiger partial charge in [-0.15, -0.1) is 0 Å². The predicted molar refractivity (Wildman–Crippen MR) is 41.4 cm³/mol. The number of para-hydroxylation sites is 1. The number of hydrogen-bond acceptors (Lipinski definition) is 4. The molecule has 0 N–H and O–H groups in total. The van der Waals surface area contributed by atoms with Crippen LogP contribution in [-0.2, 0) is 11.8 Å². The van der Waals surface area contributed by atoms with Gasteiger partial charge in [-0.25, -0.2) is 0 Å². The van der Waals surface area contributed by atoms with Crippen LogP contribution < -0.4 is 14.3 Å². The van der Waals surface area contributed by atoms with Crippen molar-refractivity contribution in [1.29, 1.82) is 0 Å². The molecule has 60 valence electrons. The van der Waals surface area contributed by atoms with Crippen molar-refractivity contribution in [2.24, 2.45) is 0 Å². The molecule has 0 atom stereocenters. The van der Waals surface area contributed by atoms with Crippen LogP contribution >= 0.6 is 6.72 Å². The second kappa shape index (κ2) is 3.32. The molecule has 0 unspecified atom stereocenters. The highest BCUT2D eigenvalue weighted by Gasteiger charge is 1.88. The van der Waals surface area contributed by atoms with Crippen LogP contribution in [0.15, 0.2) is 30.3 Å². The summed E-state index contributed by atoms with van der Waals surface area (Å²) in [5.41, 5.74) is 0. The van der Waals surface area contributed by atoms with E-state index in [0.29, 0.717) is 0 Å². The van der Waals surface area contributed by atoms with Gasteiger partial charge in [-0.1, -0.05) is 30.0 Å². The van der Waals surface area contributed by atoms with Gasteiger partial charge in [-0.05, 0) is 18.9 Å². The minimum atomic E-state index is -4.05. The Morgan fingerprint density at radius 2 is 1.73 bits per heavy atom. The topological polar surface area (TPSA) is 55.3 Å². The van der Waals surface area contributed by atoms with Crippen molar-refractivity contribution in [3.05, 3.63) is 30.3 Å². The van der Waals surface area contributed by atoms with Crippen LogP contribution in [-0.4, -0.2) is 0 Å². The Bertz CT molecular complexity index is 268. The molecule has 11 heavy (non-hydrogen) atoms. The monoisotopic (exact) mass is 188 g/mol. The van der Waals surface area contributed by atoms with Crippen LogP contribution in [0.25, 0.3) is 0 Å². The molecule has 3 nitrogen and oxygen atoms in total. The molecule has 0 spiro atoms. The maximum Gasteiger partial charge on any atom is 0.120 e. The Morgan fingerprint density at radius 1 is 1.18 bits per heavy atom. The molecule has 0 saturated carbocycles. The van der Waals surface area contributed by atoms with E-state index in [1.54, 1.807) is 18.2 Å². The number of hydrogen-bond donors (Lipinski definition) is 0. The number of benzene rings is 1. The van der Waals surface area contributed by atoms with E-state index in [1.807, 2.05) is 0 Å². The smallest absolute Gasteiger partial charge is 0.120 e. The first-order valence-electron chi connectivity index (χ1n) is 2.85. The van der Waals surface area contributed by atoms with Crippen molar-refractivity contribution in [2.45, 2.75) is 0 Å². The second-order valence-electron chi connectivity index (χ2n) is 1.85. The fraction of sp³-hybridized carbons (Fsp3) is 0. The van der Waals surface area contributed by atoms with E-state index in [2.05, 4.69) is 16.3 Å². The van der Waals surface area contributed by atoms with Crippen LogP contribution in [0.5, 0.6) is 5.75 Å². The predicted octanol–water partition coefficient (Wildman–Crippen LogP) is 0.0105. The fourth-order valence-electron chi connectivity index (χ4n) is 0.610. The van der Waals surface area contributed by atoms with Crippen LogP contribution in [0.4, 0.5) is 0 Å². The molecule has 1 aromatic carbocycles. The maximum atomic E-state index is 10.4. The summed E-state index contributed by atoms with van der Waals surface area (Å²) >= 11 is 4.04. The van der Waals surface area contributed by atoms with Gasteiger partial charge >= 0.3 is 0 Å². The molecule has 0 aliphatic heterocycles. The molecule has 5 heteroatoms. The van der Waals surface area contributed by atoms with Gasteiger partial charge in [0.25, 0.3) is 0 Å². The molecule has 0 bridgehead atoms. The van der Waals surface area contributed by atoms with Gasteiger partial charge in [0.2, 0.25) is 0 Å². The zero-order valence-corrected chi connectivity index (χ0v) is 7.18. The number of rotatable bonds is 2. The van der Waals surface area contributed by atoms with E-state index in [-0.39, 0.29) is 5.75 Å². The summed E-state index contributed by atoms with van der Waals surface area (Å²) in [6.45, 7) is -4.05. The maximum absolute atomic E-state index is 10.4. The summed E-state index contributed by atoms with van der Waals surface area (Å²) in [4.78, 5) is 20.8. The minimum absolute atomic E-state index is 0.251. The van der Waals surface area contributed by atoms with Crippen molar-refractivity contribution in [3.8, 4) is 5.75 Å². The summed E-state index contributed by atoms with van der Waals surface area (Å²) < 4.78 is 4.42. The highest BCUT2D eigenvalue weighted by molar-refractivity contribution is 8.05. The zero-order valence-electron chi connectivity index (χ0n) is 5.47. The van der Waals surface area contributed by atoms with Crippen LogP contribution in [0.3, 0.4) is 0 Å². The summed E-state index contributed by atoms with van der Waals surface area (Å²) in [5, 5.41) is 0. The van der Waals surface area contributed by atoms with Gasteiger partial charge < -0.3 is 14.3 Å². The fourth-order valence-corrected chi connectivity index (χ4v) is 1.25. The van der Waals surface area contributed by atoms with E-state index in [1.165, 1.54) is 12.1 Å². The third-order valence-corrected chi connectivity index (χ3v) is 1.62. The average molecular weight is 188 g/mol. The first-order valence-corrected chi connectivity index (χ1v) is 5.40. The van der Waals surface area contributed by atoms with Gasteiger partial charge in [0, 0.05) is 0 Å². The van der Waals surface area contributed by atoms with Gasteiger partial charge in [0.15, 0.2) is 0 Å². The molecule has 0 saturated heterocycles. The van der Waals surface area contributed by atoms with Crippen molar-refractivity contribution >= 4 is 18.5 Å². The molecule has 1 rings (SSSR count). The standard InChI is InChI=1S/C6H7O3PS/c7-10(8,11)9-6-4-2-1-3-5-6/h1-5H,(H2,7,8,11)/p-2. The Labute approximate surface area is 69.5 Å². The highest BCUT2D eigenvalue weighted by Crippen LogP contribution is 2.28. The van der Waals surface area contributed by atoms with Gasteiger partial charge in [-0.2, -0.15) is 0 Å². The zero-order chi connectivity index (χ0) is 8.32. The van der Waals surface area contributed by atoms with Crippen molar-refractivity contribution in [2.75, 3.05) is 0 Å². The van der Waals surface area contributed by atoms with Crippen LogP contribution in [0, 0.1) is 0 Å². The van der Waals surface area contributed by atoms with Gasteiger partial charge in [-0.3, -0.25) is 0 Å². The Hall–Kier alpha value is -0.410.